The van der Waals surface area contributed by atoms with Crippen LogP contribution >= 0.6 is 0 Å². The highest BCUT2D eigenvalue weighted by molar-refractivity contribution is 5.91. The van der Waals surface area contributed by atoms with Gasteiger partial charge in [-0.05, 0) is 25.0 Å². The summed E-state index contributed by atoms with van der Waals surface area (Å²) in [5.74, 6) is -0.507. The Balaban J connectivity index is 1.44. The van der Waals surface area contributed by atoms with Crippen molar-refractivity contribution in [2.24, 2.45) is 0 Å². The van der Waals surface area contributed by atoms with Crippen molar-refractivity contribution in [3.8, 4) is 11.5 Å². The Kier molecular flexibility index (Phi) is 8.77. The van der Waals surface area contributed by atoms with Crippen LogP contribution in [0.4, 0.5) is 10.1 Å². The van der Waals surface area contributed by atoms with Gasteiger partial charge in [-0.1, -0.05) is 31.5 Å². The summed E-state index contributed by atoms with van der Waals surface area (Å²) in [7, 11) is 1.69. The van der Waals surface area contributed by atoms with Crippen LogP contribution in [0, 0.1) is 12.7 Å². The number of benzene rings is 1. The number of rotatable bonds is 11. The number of pyridine rings is 1. The molecule has 2 heterocycles. The molecule has 35 heavy (non-hydrogen) atoms. The fourth-order valence-electron chi connectivity index (χ4n) is 3.17. The van der Waals surface area contributed by atoms with E-state index in [4.69, 9.17) is 9.47 Å². The van der Waals surface area contributed by atoms with E-state index in [2.05, 4.69) is 15.4 Å². The molecule has 0 atom stereocenters. The first-order valence-electron chi connectivity index (χ1n) is 11.2. The lowest BCUT2D eigenvalue weighted by molar-refractivity contribution is -0.131. The van der Waals surface area contributed by atoms with Crippen molar-refractivity contribution in [3.05, 3.63) is 66.0 Å². The molecule has 186 valence electrons. The third-order valence-electron chi connectivity index (χ3n) is 5.21. The van der Waals surface area contributed by atoms with Crippen molar-refractivity contribution >= 4 is 17.5 Å². The van der Waals surface area contributed by atoms with Crippen LogP contribution in [0.25, 0.3) is 0 Å². The fraction of sp³-hybridized carbons (Fsp3) is 0.360. The molecule has 2 amide bonds. The molecule has 2 aromatic heterocycles. The first-order chi connectivity index (χ1) is 16.7. The zero-order valence-electron chi connectivity index (χ0n) is 20.3. The lowest BCUT2D eigenvalue weighted by atomic mass is 10.0. The summed E-state index contributed by atoms with van der Waals surface area (Å²) in [6.07, 6.45) is 5.54. The van der Waals surface area contributed by atoms with Crippen LogP contribution in [-0.4, -0.2) is 58.3 Å². The lowest BCUT2D eigenvalue weighted by Gasteiger charge is -2.17. The minimum Gasteiger partial charge on any atom is -0.492 e. The molecule has 1 aromatic carbocycles. The van der Waals surface area contributed by atoms with Gasteiger partial charge in [0.05, 0.1) is 24.6 Å². The Bertz CT molecular complexity index is 1150. The number of aromatic nitrogens is 3. The number of ether oxygens (including phenoxy) is 2. The van der Waals surface area contributed by atoms with Gasteiger partial charge in [0.15, 0.2) is 18.2 Å². The Hall–Kier alpha value is -3.95. The molecule has 0 saturated carbocycles. The monoisotopic (exact) mass is 483 g/mol. The summed E-state index contributed by atoms with van der Waals surface area (Å²) in [6.45, 7) is 6.17. The number of aryl methyl sites for hydroxylation is 1. The predicted octanol–water partition coefficient (Wildman–Crippen LogP) is 3.40. The third kappa shape index (κ3) is 7.53. The van der Waals surface area contributed by atoms with E-state index in [1.165, 1.54) is 17.1 Å². The zero-order chi connectivity index (χ0) is 25.4. The topological polar surface area (TPSA) is 98.6 Å². The second-order valence-corrected chi connectivity index (χ2v) is 8.43. The number of carbonyl (C=O) groups is 2. The predicted molar refractivity (Wildman–Crippen MR) is 129 cm³/mol. The van der Waals surface area contributed by atoms with E-state index in [1.807, 2.05) is 45.0 Å². The van der Waals surface area contributed by atoms with Crippen LogP contribution in [0.2, 0.25) is 0 Å². The third-order valence-corrected chi connectivity index (χ3v) is 5.21. The molecule has 0 spiro atoms. The first kappa shape index (κ1) is 25.7. The van der Waals surface area contributed by atoms with E-state index in [9.17, 15) is 14.0 Å². The molecule has 10 heteroatoms. The summed E-state index contributed by atoms with van der Waals surface area (Å²) in [4.78, 5) is 30.1. The Morgan fingerprint density at radius 2 is 1.89 bits per heavy atom. The number of carbonyl (C=O) groups excluding carboxylic acids is 2. The van der Waals surface area contributed by atoms with Crippen molar-refractivity contribution in [2.75, 3.05) is 32.1 Å². The van der Waals surface area contributed by atoms with Gasteiger partial charge < -0.3 is 19.7 Å². The van der Waals surface area contributed by atoms with Crippen LogP contribution in [0.15, 0.2) is 49.1 Å². The number of anilines is 1. The second kappa shape index (κ2) is 12.0. The van der Waals surface area contributed by atoms with Gasteiger partial charge in [-0.2, -0.15) is 5.10 Å². The average molecular weight is 484 g/mol. The number of likely N-dealkylation sites (N-methyl/N-ethyl adjacent to an activating group) is 1. The summed E-state index contributed by atoms with van der Waals surface area (Å²) in [6, 6.07) is 7.70. The van der Waals surface area contributed by atoms with Gasteiger partial charge in [0.25, 0.3) is 5.91 Å². The molecule has 0 unspecified atom stereocenters. The van der Waals surface area contributed by atoms with Gasteiger partial charge in [0.1, 0.15) is 18.9 Å². The largest absolute Gasteiger partial charge is 0.492 e. The number of nitrogens with zero attached hydrogens (tertiary/aromatic N) is 4. The van der Waals surface area contributed by atoms with Gasteiger partial charge in [0, 0.05) is 25.0 Å². The number of amides is 2. The molecule has 0 radical (unpaired) electrons. The van der Waals surface area contributed by atoms with E-state index >= 15 is 0 Å². The maximum absolute atomic E-state index is 14.1. The Morgan fingerprint density at radius 1 is 1.14 bits per heavy atom. The molecule has 3 rings (SSSR count). The Morgan fingerprint density at radius 3 is 2.60 bits per heavy atom. The van der Waals surface area contributed by atoms with E-state index < -0.39 is 11.7 Å². The van der Waals surface area contributed by atoms with E-state index in [0.717, 1.165) is 17.5 Å². The van der Waals surface area contributed by atoms with Gasteiger partial charge in [-0.3, -0.25) is 19.3 Å². The van der Waals surface area contributed by atoms with E-state index in [1.54, 1.807) is 18.1 Å². The maximum Gasteiger partial charge on any atom is 0.262 e. The van der Waals surface area contributed by atoms with Gasteiger partial charge in [-0.15, -0.1) is 0 Å². The number of halogens is 1. The molecular formula is C25H30FN5O4. The average Bonchev–Trinajstić information content (AvgIpc) is 3.25. The molecule has 0 aliphatic carbocycles. The highest BCUT2D eigenvalue weighted by Gasteiger charge is 2.16. The summed E-state index contributed by atoms with van der Waals surface area (Å²) < 4.78 is 26.6. The summed E-state index contributed by atoms with van der Waals surface area (Å²) in [5.41, 5.74) is 2.13. The summed E-state index contributed by atoms with van der Waals surface area (Å²) >= 11 is 0. The van der Waals surface area contributed by atoms with Crippen LogP contribution in [0.5, 0.6) is 11.5 Å². The van der Waals surface area contributed by atoms with Crippen molar-refractivity contribution < 1.29 is 23.5 Å². The molecule has 1 N–H and O–H groups in total. The van der Waals surface area contributed by atoms with Crippen LogP contribution < -0.4 is 14.8 Å². The summed E-state index contributed by atoms with van der Waals surface area (Å²) in [5, 5.41) is 6.74. The van der Waals surface area contributed by atoms with Crippen molar-refractivity contribution in [2.45, 2.75) is 33.2 Å². The molecule has 3 aromatic rings. The lowest BCUT2D eigenvalue weighted by Crippen LogP contribution is -2.33. The number of hydrogen-bond donors (Lipinski definition) is 1. The second-order valence-electron chi connectivity index (χ2n) is 8.43. The first-order valence-corrected chi connectivity index (χ1v) is 11.2. The van der Waals surface area contributed by atoms with Gasteiger partial charge >= 0.3 is 0 Å². The van der Waals surface area contributed by atoms with Crippen molar-refractivity contribution in [1.82, 2.24) is 19.7 Å². The SMILES string of the molecule is Cc1ccc(OCCN(C)C(=O)Cn2cc(NC(=O)COc3c(F)cncc3C(C)C)cn2)cc1. The zero-order valence-corrected chi connectivity index (χ0v) is 20.3. The van der Waals surface area contributed by atoms with Gasteiger partial charge in [-0.25, -0.2) is 4.39 Å². The smallest absolute Gasteiger partial charge is 0.262 e. The van der Waals surface area contributed by atoms with E-state index in [-0.39, 0.29) is 30.7 Å². The minimum absolute atomic E-state index is 0.00732. The standard InChI is InChI=1S/C25H30FN5O4/c1-17(2)21-12-27-13-22(26)25(21)35-16-23(32)29-19-11-28-31(14-19)15-24(33)30(4)9-10-34-20-7-5-18(3)6-8-20/h5-8,11-14,17H,9-10,15-16H2,1-4H3,(H,29,32). The van der Waals surface area contributed by atoms with Crippen LogP contribution in [0.1, 0.15) is 30.9 Å². The van der Waals surface area contributed by atoms with Crippen LogP contribution in [0.3, 0.4) is 0 Å². The van der Waals surface area contributed by atoms with Crippen molar-refractivity contribution in [1.29, 1.82) is 0 Å². The highest BCUT2D eigenvalue weighted by Crippen LogP contribution is 2.28. The van der Waals surface area contributed by atoms with Crippen LogP contribution in [-0.2, 0) is 16.1 Å². The minimum atomic E-state index is -0.622. The molecule has 0 aliphatic heterocycles. The number of hydrogen-bond acceptors (Lipinski definition) is 6. The Labute approximate surface area is 203 Å². The van der Waals surface area contributed by atoms with E-state index in [0.29, 0.717) is 24.4 Å². The van der Waals surface area contributed by atoms with Crippen molar-refractivity contribution in [3.63, 3.8) is 0 Å². The molecule has 0 bridgehead atoms. The molecule has 0 fully saturated rings. The highest BCUT2D eigenvalue weighted by atomic mass is 19.1. The maximum atomic E-state index is 14.1. The fourth-order valence-corrected chi connectivity index (χ4v) is 3.17. The normalized spacial score (nSPS) is 10.8. The molecule has 0 aliphatic rings. The molecule has 9 nitrogen and oxygen atoms in total. The quantitative estimate of drug-likeness (QED) is 0.449. The molecule has 0 saturated heterocycles. The van der Waals surface area contributed by atoms with Gasteiger partial charge in [0.2, 0.25) is 5.91 Å². The molecular weight excluding hydrogens is 453 g/mol. The number of nitrogens with one attached hydrogen (secondary N) is 1.